The first-order valence-corrected chi connectivity index (χ1v) is 11.4. The van der Waals surface area contributed by atoms with Crippen LogP contribution in [0.4, 0.5) is 9.52 Å². The number of halogens is 1. The molecular weight excluding hydrogens is 439 g/mol. The van der Waals surface area contributed by atoms with E-state index in [1.807, 2.05) is 46.8 Å². The Morgan fingerprint density at radius 3 is 2.42 bits per heavy atom. The molecule has 0 fully saturated rings. The van der Waals surface area contributed by atoms with E-state index in [0.29, 0.717) is 23.1 Å². The van der Waals surface area contributed by atoms with Gasteiger partial charge < -0.3 is 5.32 Å². The van der Waals surface area contributed by atoms with Crippen LogP contribution in [0.15, 0.2) is 30.3 Å². The summed E-state index contributed by atoms with van der Waals surface area (Å²) in [5.41, 5.74) is 5.50. The summed E-state index contributed by atoms with van der Waals surface area (Å²) < 4.78 is 15.7. The molecule has 0 spiro atoms. The molecule has 0 aliphatic carbocycles. The zero-order valence-electron chi connectivity index (χ0n) is 19.2. The molecule has 1 N–H and O–H groups in total. The molecule has 33 heavy (non-hydrogen) atoms. The molecule has 1 amide bonds. The minimum Gasteiger partial charge on any atom is -0.302 e. The van der Waals surface area contributed by atoms with Gasteiger partial charge in [-0.25, -0.2) is 24.0 Å². The largest absolute Gasteiger partial charge is 0.302 e. The van der Waals surface area contributed by atoms with Crippen LogP contribution in [0.1, 0.15) is 44.5 Å². The van der Waals surface area contributed by atoms with Crippen LogP contribution in [0.2, 0.25) is 0 Å². The van der Waals surface area contributed by atoms with Crippen LogP contribution in [0.3, 0.4) is 0 Å². The van der Waals surface area contributed by atoms with E-state index in [1.165, 1.54) is 17.4 Å². The molecule has 170 valence electrons. The second-order valence-electron chi connectivity index (χ2n) is 8.03. The summed E-state index contributed by atoms with van der Waals surface area (Å²) in [6.45, 7) is 9.46. The van der Waals surface area contributed by atoms with Crippen molar-refractivity contribution in [3.05, 3.63) is 80.6 Å². The number of rotatable bonds is 6. The Hall–Kier alpha value is -3.46. The van der Waals surface area contributed by atoms with Gasteiger partial charge in [0.25, 0.3) is 5.95 Å². The maximum atomic E-state index is 14.0. The monoisotopic (exact) mass is 464 g/mol. The van der Waals surface area contributed by atoms with Gasteiger partial charge in [-0.15, -0.1) is 11.3 Å². The van der Waals surface area contributed by atoms with E-state index in [4.69, 9.17) is 0 Å². The fraction of sp³-hybridized carbons (Fsp3) is 0.292. The molecule has 7 nitrogen and oxygen atoms in total. The Bertz CT molecular complexity index is 1320. The van der Waals surface area contributed by atoms with Gasteiger partial charge in [-0.05, 0) is 52.3 Å². The lowest BCUT2D eigenvalue weighted by Crippen LogP contribution is -2.15. The molecule has 0 saturated carbocycles. The maximum Gasteiger partial charge on any atom is 0.251 e. The predicted octanol–water partition coefficient (Wildman–Crippen LogP) is 4.57. The second-order valence-corrected chi connectivity index (χ2v) is 9.12. The fourth-order valence-corrected chi connectivity index (χ4v) is 4.71. The number of nitrogens with one attached hydrogen (secondary N) is 1. The number of aryl methyl sites for hydroxylation is 4. The summed E-state index contributed by atoms with van der Waals surface area (Å²) in [4.78, 5) is 27.1. The molecular formula is C24H25FN6OS. The number of anilines is 1. The molecule has 0 aliphatic rings. The number of hydrogen-bond donors (Lipinski definition) is 1. The summed E-state index contributed by atoms with van der Waals surface area (Å²) in [5.74, 6) is 0.0630. The molecule has 4 rings (SSSR count). The third-order valence-corrected chi connectivity index (χ3v) is 6.46. The number of nitrogens with zero attached hydrogens (tertiary/aromatic N) is 5. The van der Waals surface area contributed by atoms with Crippen molar-refractivity contribution in [2.45, 2.75) is 47.5 Å². The highest BCUT2D eigenvalue weighted by molar-refractivity contribution is 7.15. The van der Waals surface area contributed by atoms with Gasteiger partial charge in [0.05, 0.1) is 17.8 Å². The van der Waals surface area contributed by atoms with E-state index in [2.05, 4.69) is 25.4 Å². The SMILES string of the molecule is Cc1cc(C)nc(-n2nc(C)c(CC(=O)Nc3nc(C)c(Cc4ccccc4F)s3)c2C)n1. The summed E-state index contributed by atoms with van der Waals surface area (Å²) in [5, 5.41) is 7.94. The molecule has 0 aliphatic heterocycles. The summed E-state index contributed by atoms with van der Waals surface area (Å²) in [6, 6.07) is 8.59. The van der Waals surface area contributed by atoms with Gasteiger partial charge in [0.2, 0.25) is 5.91 Å². The molecule has 0 bridgehead atoms. The van der Waals surface area contributed by atoms with Crippen LogP contribution < -0.4 is 5.32 Å². The third-order valence-electron chi connectivity index (χ3n) is 5.39. The standard InChI is InChI=1S/C24H25FN6OS/c1-13-10-14(2)27-23(26-13)31-17(5)19(15(3)30-31)12-22(32)29-24-28-16(4)21(33-24)11-18-8-6-7-9-20(18)25/h6-10H,11-12H2,1-5H3,(H,28,29,32). The van der Waals surface area contributed by atoms with Crippen molar-refractivity contribution in [3.63, 3.8) is 0 Å². The van der Waals surface area contributed by atoms with Crippen molar-refractivity contribution in [1.82, 2.24) is 24.7 Å². The smallest absolute Gasteiger partial charge is 0.251 e. The van der Waals surface area contributed by atoms with Gasteiger partial charge in [0.1, 0.15) is 5.82 Å². The molecule has 0 atom stereocenters. The maximum absolute atomic E-state index is 14.0. The predicted molar refractivity (Wildman–Crippen MR) is 126 cm³/mol. The van der Waals surface area contributed by atoms with E-state index in [-0.39, 0.29) is 18.1 Å². The van der Waals surface area contributed by atoms with E-state index >= 15 is 0 Å². The Balaban J connectivity index is 1.50. The van der Waals surface area contributed by atoms with Crippen molar-refractivity contribution >= 4 is 22.4 Å². The fourth-order valence-electron chi connectivity index (χ4n) is 3.71. The van der Waals surface area contributed by atoms with Crippen LogP contribution in [-0.2, 0) is 17.6 Å². The second kappa shape index (κ2) is 9.19. The quantitative estimate of drug-likeness (QED) is 0.452. The minimum absolute atomic E-state index is 0.156. The number of carbonyl (C=O) groups is 1. The van der Waals surface area contributed by atoms with E-state index in [0.717, 1.165) is 38.9 Å². The summed E-state index contributed by atoms with van der Waals surface area (Å²) in [6.07, 6.45) is 0.594. The number of amides is 1. The first kappa shape index (κ1) is 22.7. The highest BCUT2D eigenvalue weighted by atomic mass is 32.1. The Kier molecular flexibility index (Phi) is 6.33. The first-order chi connectivity index (χ1) is 15.7. The zero-order chi connectivity index (χ0) is 23.7. The lowest BCUT2D eigenvalue weighted by Gasteiger charge is -2.06. The van der Waals surface area contributed by atoms with Gasteiger partial charge in [-0.1, -0.05) is 18.2 Å². The van der Waals surface area contributed by atoms with Gasteiger partial charge >= 0.3 is 0 Å². The Labute approximate surface area is 195 Å². The van der Waals surface area contributed by atoms with Crippen LogP contribution in [0.25, 0.3) is 5.95 Å². The Morgan fingerprint density at radius 2 is 1.73 bits per heavy atom. The topological polar surface area (TPSA) is 85.6 Å². The van der Waals surface area contributed by atoms with Gasteiger partial charge in [-0.3, -0.25) is 4.79 Å². The zero-order valence-corrected chi connectivity index (χ0v) is 20.0. The van der Waals surface area contributed by atoms with Crippen LogP contribution in [0, 0.1) is 40.4 Å². The van der Waals surface area contributed by atoms with Crippen LogP contribution in [-0.4, -0.2) is 30.6 Å². The molecule has 0 unspecified atom stereocenters. The van der Waals surface area contributed by atoms with Crippen LogP contribution >= 0.6 is 11.3 Å². The van der Waals surface area contributed by atoms with E-state index < -0.39 is 0 Å². The highest BCUT2D eigenvalue weighted by Crippen LogP contribution is 2.26. The van der Waals surface area contributed by atoms with E-state index in [1.54, 1.807) is 16.8 Å². The highest BCUT2D eigenvalue weighted by Gasteiger charge is 2.19. The van der Waals surface area contributed by atoms with Gasteiger partial charge in [0.15, 0.2) is 5.13 Å². The molecule has 3 heterocycles. The number of thiazole rings is 1. The first-order valence-electron chi connectivity index (χ1n) is 10.6. The molecule has 0 saturated heterocycles. The number of benzene rings is 1. The third kappa shape index (κ3) is 4.98. The van der Waals surface area contributed by atoms with Crippen LogP contribution in [0.5, 0.6) is 0 Å². The summed E-state index contributed by atoms with van der Waals surface area (Å²) in [7, 11) is 0. The van der Waals surface area contributed by atoms with E-state index in [9.17, 15) is 9.18 Å². The van der Waals surface area contributed by atoms with Crippen molar-refractivity contribution in [2.24, 2.45) is 0 Å². The van der Waals surface area contributed by atoms with Gasteiger partial charge in [-0.2, -0.15) is 5.10 Å². The van der Waals surface area contributed by atoms with Crippen molar-refractivity contribution in [2.75, 3.05) is 5.32 Å². The summed E-state index contributed by atoms with van der Waals surface area (Å²) >= 11 is 1.37. The Morgan fingerprint density at radius 1 is 1.03 bits per heavy atom. The number of aromatic nitrogens is 5. The minimum atomic E-state index is -0.244. The normalized spacial score (nSPS) is 11.1. The lowest BCUT2D eigenvalue weighted by atomic mass is 10.1. The van der Waals surface area contributed by atoms with Gasteiger partial charge in [0, 0.05) is 33.9 Å². The molecule has 0 radical (unpaired) electrons. The average Bonchev–Trinajstić information content (AvgIpc) is 3.22. The number of carbonyl (C=O) groups excluding carboxylic acids is 1. The van der Waals surface area contributed by atoms with Crippen molar-refractivity contribution in [1.29, 1.82) is 0 Å². The molecule has 4 aromatic rings. The molecule has 1 aromatic carbocycles. The molecule has 3 aromatic heterocycles. The lowest BCUT2D eigenvalue weighted by molar-refractivity contribution is -0.115. The van der Waals surface area contributed by atoms with Crippen molar-refractivity contribution in [3.8, 4) is 5.95 Å². The average molecular weight is 465 g/mol. The number of hydrogen-bond acceptors (Lipinski definition) is 6. The molecule has 9 heteroatoms. The van der Waals surface area contributed by atoms with Crippen molar-refractivity contribution < 1.29 is 9.18 Å².